The Morgan fingerprint density at radius 1 is 0.333 bits per heavy atom. The molecule has 2 heterocycles. The third-order valence-electron chi connectivity index (χ3n) is 11.2. The van der Waals surface area contributed by atoms with Gasteiger partial charge in [-0.25, -0.2) is 0 Å². The lowest BCUT2D eigenvalue weighted by atomic mass is 9.97. The van der Waals surface area contributed by atoms with Crippen molar-refractivity contribution in [3.05, 3.63) is 218 Å². The van der Waals surface area contributed by atoms with Crippen molar-refractivity contribution in [3.63, 3.8) is 0 Å². The van der Waals surface area contributed by atoms with Crippen LogP contribution in [0.5, 0.6) is 0 Å². The van der Waals surface area contributed by atoms with Crippen LogP contribution in [0.2, 0.25) is 0 Å². The molecular weight excluding hydrogens is 693 g/mol. The average molecular weight is 729 g/mol. The Morgan fingerprint density at radius 2 is 0.877 bits per heavy atom. The smallest absolute Gasteiger partial charge is 0.135 e. The topological polar surface area (TPSA) is 21.3 Å². The van der Waals surface area contributed by atoms with Gasteiger partial charge in [0.15, 0.2) is 0 Å². The zero-order valence-corrected chi connectivity index (χ0v) is 31.1. The second-order valence-corrected chi connectivity index (χ2v) is 14.5. The lowest BCUT2D eigenvalue weighted by molar-refractivity contribution is 0.669. The van der Waals surface area contributed by atoms with Gasteiger partial charge < -0.3 is 13.9 Å². The summed E-state index contributed by atoms with van der Waals surface area (Å²) < 4.78 is 8.69. The van der Waals surface area contributed by atoms with Crippen LogP contribution in [-0.4, -0.2) is 4.57 Å². The number of furan rings is 1. The largest absolute Gasteiger partial charge is 0.456 e. The molecule has 0 aliphatic heterocycles. The number of rotatable bonds is 7. The number of aromatic nitrogens is 1. The first kappa shape index (κ1) is 32.8. The first-order valence-corrected chi connectivity index (χ1v) is 19.4. The first-order chi connectivity index (χ1) is 28.3. The summed E-state index contributed by atoms with van der Waals surface area (Å²) in [5.41, 5.74) is 15.6. The van der Waals surface area contributed by atoms with Gasteiger partial charge in [-0.15, -0.1) is 0 Å². The van der Waals surface area contributed by atoms with Gasteiger partial charge in [0.1, 0.15) is 11.2 Å². The van der Waals surface area contributed by atoms with Crippen LogP contribution in [0.25, 0.3) is 82.8 Å². The molecule has 0 N–H and O–H groups in total. The SMILES string of the molecule is c1ccc(-c2ccc(-c3cccc4c3c3ccc(N(c5ccc(-c6ccccc6)cc5)c5ccc6oc7ccccc7c6c5)cc3n4-c3ccccc3)cc2)cc1. The third kappa shape index (κ3) is 5.68. The minimum atomic E-state index is 0.878. The Kier molecular flexibility index (Phi) is 7.82. The van der Waals surface area contributed by atoms with Gasteiger partial charge >= 0.3 is 0 Å². The lowest BCUT2D eigenvalue weighted by Gasteiger charge is -2.26. The molecule has 0 bridgehead atoms. The van der Waals surface area contributed by atoms with Crippen molar-refractivity contribution in [3.8, 4) is 39.1 Å². The molecule has 3 heteroatoms. The van der Waals surface area contributed by atoms with Gasteiger partial charge in [0.05, 0.1) is 11.0 Å². The molecule has 3 nitrogen and oxygen atoms in total. The van der Waals surface area contributed by atoms with Crippen LogP contribution < -0.4 is 4.90 Å². The van der Waals surface area contributed by atoms with Crippen LogP contribution in [0.4, 0.5) is 17.1 Å². The molecule has 0 spiro atoms. The zero-order valence-electron chi connectivity index (χ0n) is 31.1. The van der Waals surface area contributed by atoms with Gasteiger partial charge in [-0.05, 0) is 100 Å². The predicted octanol–water partition coefficient (Wildman–Crippen LogP) is 15.2. The van der Waals surface area contributed by atoms with E-state index in [0.717, 1.165) is 50.2 Å². The van der Waals surface area contributed by atoms with Crippen LogP contribution >= 0.6 is 0 Å². The van der Waals surface area contributed by atoms with E-state index in [1.54, 1.807) is 0 Å². The van der Waals surface area contributed by atoms with Gasteiger partial charge in [-0.1, -0.05) is 152 Å². The van der Waals surface area contributed by atoms with E-state index in [-0.39, 0.29) is 0 Å². The quantitative estimate of drug-likeness (QED) is 0.163. The van der Waals surface area contributed by atoms with Crippen LogP contribution in [0.1, 0.15) is 0 Å². The molecule has 0 radical (unpaired) electrons. The first-order valence-electron chi connectivity index (χ1n) is 19.4. The number of nitrogens with zero attached hydrogens (tertiary/aromatic N) is 2. The van der Waals surface area contributed by atoms with Crippen molar-refractivity contribution in [1.29, 1.82) is 0 Å². The van der Waals surface area contributed by atoms with E-state index in [2.05, 4.69) is 216 Å². The summed E-state index contributed by atoms with van der Waals surface area (Å²) in [5.74, 6) is 0. The van der Waals surface area contributed by atoms with Crippen LogP contribution in [0.15, 0.2) is 223 Å². The molecule has 0 amide bonds. The fourth-order valence-electron chi connectivity index (χ4n) is 8.50. The summed E-state index contributed by atoms with van der Waals surface area (Å²) in [7, 11) is 0. The van der Waals surface area contributed by atoms with Crippen molar-refractivity contribution in [1.82, 2.24) is 4.57 Å². The van der Waals surface area contributed by atoms with Crippen molar-refractivity contribution in [2.75, 3.05) is 4.90 Å². The van der Waals surface area contributed by atoms with Crippen molar-refractivity contribution >= 4 is 60.8 Å². The van der Waals surface area contributed by atoms with Crippen molar-refractivity contribution in [2.45, 2.75) is 0 Å². The Morgan fingerprint density at radius 3 is 1.60 bits per heavy atom. The fraction of sp³-hybridized carbons (Fsp3) is 0. The maximum atomic E-state index is 6.27. The lowest BCUT2D eigenvalue weighted by Crippen LogP contribution is -2.10. The van der Waals surface area contributed by atoms with E-state index in [9.17, 15) is 0 Å². The standard InChI is InChI=1S/C54H36N2O/c1-4-13-37(14-5-1)39-23-25-41(26-24-39)46-20-12-21-50-54(46)48-33-31-45(36-51(48)56(50)42-17-8-3-9-18-42)55(43-29-27-40(28-30-43)38-15-6-2-7-16-38)44-32-34-53-49(35-44)47-19-10-11-22-52(47)57-53/h1-36H. The normalized spacial score (nSPS) is 11.5. The Hall–Kier alpha value is -7.62. The number of hydrogen-bond acceptors (Lipinski definition) is 2. The Bertz CT molecular complexity index is 3200. The number of hydrogen-bond donors (Lipinski definition) is 0. The highest BCUT2D eigenvalue weighted by Gasteiger charge is 2.21. The van der Waals surface area contributed by atoms with E-state index in [1.165, 1.54) is 49.7 Å². The molecule has 0 saturated carbocycles. The van der Waals surface area contributed by atoms with E-state index < -0.39 is 0 Å². The van der Waals surface area contributed by atoms with Gasteiger partial charge in [0.25, 0.3) is 0 Å². The highest BCUT2D eigenvalue weighted by Crippen LogP contribution is 2.44. The number of fused-ring (bicyclic) bond motifs is 6. The number of anilines is 3. The van der Waals surface area contributed by atoms with E-state index in [0.29, 0.717) is 0 Å². The van der Waals surface area contributed by atoms with Gasteiger partial charge in [-0.2, -0.15) is 0 Å². The maximum absolute atomic E-state index is 6.27. The predicted molar refractivity (Wildman–Crippen MR) is 239 cm³/mol. The van der Waals surface area contributed by atoms with Gasteiger partial charge in [0, 0.05) is 44.3 Å². The molecule has 11 aromatic rings. The highest BCUT2D eigenvalue weighted by molar-refractivity contribution is 6.16. The molecule has 9 aromatic carbocycles. The molecule has 2 aromatic heterocycles. The van der Waals surface area contributed by atoms with Crippen molar-refractivity contribution < 1.29 is 4.42 Å². The van der Waals surface area contributed by atoms with Crippen LogP contribution in [0.3, 0.4) is 0 Å². The van der Waals surface area contributed by atoms with Crippen molar-refractivity contribution in [2.24, 2.45) is 0 Å². The summed E-state index contributed by atoms with van der Waals surface area (Å²) in [6, 6.07) is 78.2. The second kappa shape index (κ2) is 13.6. The maximum Gasteiger partial charge on any atom is 0.135 e. The highest BCUT2D eigenvalue weighted by atomic mass is 16.3. The molecule has 0 fully saturated rings. The molecule has 57 heavy (non-hydrogen) atoms. The summed E-state index contributed by atoms with van der Waals surface area (Å²) in [6.07, 6.45) is 0. The molecule has 0 saturated heterocycles. The second-order valence-electron chi connectivity index (χ2n) is 14.5. The Balaban J connectivity index is 1.12. The minimum Gasteiger partial charge on any atom is -0.456 e. The van der Waals surface area contributed by atoms with Crippen LogP contribution in [0, 0.1) is 0 Å². The van der Waals surface area contributed by atoms with Gasteiger partial charge in [0.2, 0.25) is 0 Å². The molecule has 0 aliphatic carbocycles. The number of benzene rings is 9. The summed E-state index contributed by atoms with van der Waals surface area (Å²) in [6.45, 7) is 0. The zero-order chi connectivity index (χ0) is 37.7. The summed E-state index contributed by atoms with van der Waals surface area (Å²) in [5, 5.41) is 4.64. The molecular formula is C54H36N2O. The minimum absolute atomic E-state index is 0.878. The summed E-state index contributed by atoms with van der Waals surface area (Å²) in [4.78, 5) is 2.37. The van der Waals surface area contributed by atoms with Crippen LogP contribution in [-0.2, 0) is 0 Å². The molecule has 11 rings (SSSR count). The number of para-hydroxylation sites is 2. The molecule has 268 valence electrons. The van der Waals surface area contributed by atoms with E-state index in [1.807, 2.05) is 12.1 Å². The summed E-state index contributed by atoms with van der Waals surface area (Å²) >= 11 is 0. The Labute approximate surface area is 330 Å². The van der Waals surface area contributed by atoms with Gasteiger partial charge in [-0.3, -0.25) is 0 Å². The van der Waals surface area contributed by atoms with E-state index in [4.69, 9.17) is 4.42 Å². The third-order valence-corrected chi connectivity index (χ3v) is 11.2. The molecule has 0 unspecified atom stereocenters. The van der Waals surface area contributed by atoms with E-state index >= 15 is 0 Å². The monoisotopic (exact) mass is 728 g/mol. The molecule has 0 atom stereocenters. The fourth-order valence-corrected chi connectivity index (χ4v) is 8.50. The molecule has 0 aliphatic rings. The average Bonchev–Trinajstić information content (AvgIpc) is 3.83.